The fraction of sp³-hybridized carbons (Fsp3) is 0.588. The highest BCUT2D eigenvalue weighted by molar-refractivity contribution is 5.87. The van der Waals surface area contributed by atoms with Crippen LogP contribution >= 0.6 is 12.4 Å². The molecule has 2 N–H and O–H groups in total. The van der Waals surface area contributed by atoms with Crippen molar-refractivity contribution in [1.29, 1.82) is 0 Å². The SMILES string of the molecule is CCc1ccc(C(C)NC(=O)C2(CC)CCCN2)cc1.Cl. The minimum atomic E-state index is -0.350. The van der Waals surface area contributed by atoms with Crippen LogP contribution in [0.4, 0.5) is 0 Å². The Morgan fingerprint density at radius 2 is 2.00 bits per heavy atom. The Labute approximate surface area is 134 Å². The Morgan fingerprint density at radius 1 is 1.33 bits per heavy atom. The summed E-state index contributed by atoms with van der Waals surface area (Å²) >= 11 is 0. The number of rotatable bonds is 5. The molecule has 0 aromatic heterocycles. The molecule has 2 rings (SSSR count). The molecule has 4 heteroatoms. The van der Waals surface area contributed by atoms with Gasteiger partial charge < -0.3 is 10.6 Å². The molecule has 2 unspecified atom stereocenters. The third-order valence-electron chi connectivity index (χ3n) is 4.52. The molecule has 118 valence electrons. The first-order valence-corrected chi connectivity index (χ1v) is 7.76. The normalized spacial score (nSPS) is 22.4. The third-order valence-corrected chi connectivity index (χ3v) is 4.52. The highest BCUT2D eigenvalue weighted by Gasteiger charge is 2.39. The number of carbonyl (C=O) groups is 1. The number of aryl methyl sites for hydroxylation is 1. The van der Waals surface area contributed by atoms with Crippen molar-refractivity contribution in [2.75, 3.05) is 6.54 Å². The zero-order chi connectivity index (χ0) is 14.6. The molecule has 1 heterocycles. The van der Waals surface area contributed by atoms with Gasteiger partial charge in [0.15, 0.2) is 0 Å². The summed E-state index contributed by atoms with van der Waals surface area (Å²) in [6, 6.07) is 8.57. The van der Waals surface area contributed by atoms with Crippen LogP contribution in [-0.2, 0) is 11.2 Å². The second kappa shape index (κ2) is 7.81. The van der Waals surface area contributed by atoms with Gasteiger partial charge in [-0.3, -0.25) is 4.79 Å². The predicted octanol–water partition coefficient (Wildman–Crippen LogP) is 3.38. The van der Waals surface area contributed by atoms with Crippen molar-refractivity contribution in [2.24, 2.45) is 0 Å². The molecule has 21 heavy (non-hydrogen) atoms. The molecule has 1 aromatic carbocycles. The molecule has 0 saturated carbocycles. The first-order chi connectivity index (χ1) is 9.61. The number of carbonyl (C=O) groups excluding carboxylic acids is 1. The lowest BCUT2D eigenvalue weighted by Crippen LogP contribution is -2.53. The van der Waals surface area contributed by atoms with E-state index >= 15 is 0 Å². The van der Waals surface area contributed by atoms with Crippen molar-refractivity contribution in [3.63, 3.8) is 0 Å². The maximum Gasteiger partial charge on any atom is 0.240 e. The van der Waals surface area contributed by atoms with Crippen LogP contribution in [0, 0.1) is 0 Å². The zero-order valence-electron chi connectivity index (χ0n) is 13.2. The van der Waals surface area contributed by atoms with Gasteiger partial charge in [0.2, 0.25) is 5.91 Å². The summed E-state index contributed by atoms with van der Waals surface area (Å²) in [5, 5.41) is 6.55. The Balaban J connectivity index is 0.00000220. The first-order valence-electron chi connectivity index (χ1n) is 7.76. The van der Waals surface area contributed by atoms with E-state index in [1.54, 1.807) is 0 Å². The van der Waals surface area contributed by atoms with E-state index < -0.39 is 0 Å². The predicted molar refractivity (Wildman–Crippen MR) is 89.9 cm³/mol. The molecule has 1 aromatic rings. The minimum Gasteiger partial charge on any atom is -0.348 e. The smallest absolute Gasteiger partial charge is 0.240 e. The summed E-state index contributed by atoms with van der Waals surface area (Å²) in [7, 11) is 0. The molecule has 1 aliphatic heterocycles. The standard InChI is InChI=1S/C17H26N2O.ClH/c1-4-14-7-9-15(10-8-14)13(3)19-16(20)17(5-2)11-6-12-18-17;/h7-10,13,18H,4-6,11-12H2,1-3H3,(H,19,20);1H. The van der Waals surface area contributed by atoms with Gasteiger partial charge in [-0.2, -0.15) is 0 Å². The largest absolute Gasteiger partial charge is 0.348 e. The Hall–Kier alpha value is -1.06. The number of hydrogen-bond acceptors (Lipinski definition) is 2. The lowest BCUT2D eigenvalue weighted by Gasteiger charge is -2.28. The van der Waals surface area contributed by atoms with Crippen molar-refractivity contribution in [2.45, 2.75) is 58.0 Å². The molecule has 1 aliphatic rings. The van der Waals surface area contributed by atoms with Crippen molar-refractivity contribution < 1.29 is 4.79 Å². The van der Waals surface area contributed by atoms with Crippen LogP contribution in [0.2, 0.25) is 0 Å². The number of amides is 1. The number of nitrogens with one attached hydrogen (secondary N) is 2. The number of halogens is 1. The summed E-state index contributed by atoms with van der Waals surface area (Å²) in [4.78, 5) is 12.5. The van der Waals surface area contributed by atoms with Crippen LogP contribution in [0.1, 0.15) is 57.2 Å². The molecule has 1 amide bonds. The van der Waals surface area contributed by atoms with E-state index in [4.69, 9.17) is 0 Å². The summed E-state index contributed by atoms with van der Waals surface area (Å²) < 4.78 is 0. The molecule has 1 fully saturated rings. The maximum atomic E-state index is 12.5. The molecular weight excluding hydrogens is 284 g/mol. The average Bonchev–Trinajstić information content (AvgIpc) is 2.97. The second-order valence-corrected chi connectivity index (χ2v) is 5.76. The van der Waals surface area contributed by atoms with Gasteiger partial charge in [0.1, 0.15) is 0 Å². The van der Waals surface area contributed by atoms with Crippen LogP contribution in [0.25, 0.3) is 0 Å². The Morgan fingerprint density at radius 3 is 2.48 bits per heavy atom. The van der Waals surface area contributed by atoms with Crippen LogP contribution in [0.15, 0.2) is 24.3 Å². The van der Waals surface area contributed by atoms with Crippen LogP contribution < -0.4 is 10.6 Å². The molecule has 2 atom stereocenters. The summed E-state index contributed by atoms with van der Waals surface area (Å²) in [5.41, 5.74) is 2.15. The van der Waals surface area contributed by atoms with Gasteiger partial charge in [-0.1, -0.05) is 38.1 Å². The van der Waals surface area contributed by atoms with Crippen molar-refractivity contribution in [3.8, 4) is 0 Å². The summed E-state index contributed by atoms with van der Waals surface area (Å²) in [6.07, 6.45) is 3.92. The Bertz CT molecular complexity index is 452. The van der Waals surface area contributed by atoms with Gasteiger partial charge in [0.25, 0.3) is 0 Å². The lowest BCUT2D eigenvalue weighted by molar-refractivity contribution is -0.128. The van der Waals surface area contributed by atoms with Crippen molar-refractivity contribution >= 4 is 18.3 Å². The molecule has 0 bridgehead atoms. The van der Waals surface area contributed by atoms with Crippen molar-refractivity contribution in [3.05, 3.63) is 35.4 Å². The van der Waals surface area contributed by atoms with Gasteiger partial charge in [0, 0.05) is 0 Å². The number of benzene rings is 1. The van der Waals surface area contributed by atoms with Gasteiger partial charge in [-0.05, 0) is 50.3 Å². The summed E-state index contributed by atoms with van der Waals surface area (Å²) in [6.45, 7) is 7.23. The molecule has 0 aliphatic carbocycles. The molecule has 3 nitrogen and oxygen atoms in total. The number of hydrogen-bond donors (Lipinski definition) is 2. The summed E-state index contributed by atoms with van der Waals surface area (Å²) in [5.74, 6) is 0.143. The molecular formula is C17H27ClN2O. The van der Waals surface area contributed by atoms with E-state index in [1.807, 2.05) is 0 Å². The monoisotopic (exact) mass is 310 g/mol. The van der Waals surface area contributed by atoms with Gasteiger partial charge in [-0.15, -0.1) is 12.4 Å². The molecule has 0 radical (unpaired) electrons. The van der Waals surface area contributed by atoms with Gasteiger partial charge in [-0.25, -0.2) is 0 Å². The van der Waals surface area contributed by atoms with Crippen molar-refractivity contribution in [1.82, 2.24) is 10.6 Å². The highest BCUT2D eigenvalue weighted by Crippen LogP contribution is 2.24. The van der Waals surface area contributed by atoms with E-state index in [1.165, 1.54) is 11.1 Å². The third kappa shape index (κ3) is 3.98. The van der Waals surface area contributed by atoms with Gasteiger partial charge >= 0.3 is 0 Å². The van der Waals surface area contributed by atoms with E-state index in [0.29, 0.717) is 0 Å². The quantitative estimate of drug-likeness (QED) is 0.875. The first kappa shape index (κ1) is 18.0. The van der Waals surface area contributed by atoms with Gasteiger partial charge in [0.05, 0.1) is 11.6 Å². The second-order valence-electron chi connectivity index (χ2n) is 5.76. The maximum absolute atomic E-state index is 12.5. The van der Waals surface area contributed by atoms with Crippen LogP contribution in [0.3, 0.4) is 0 Å². The Kier molecular flexibility index (Phi) is 6.69. The topological polar surface area (TPSA) is 41.1 Å². The van der Waals surface area contributed by atoms with E-state index in [0.717, 1.165) is 32.2 Å². The van der Waals surface area contributed by atoms with E-state index in [9.17, 15) is 4.79 Å². The average molecular weight is 311 g/mol. The highest BCUT2D eigenvalue weighted by atomic mass is 35.5. The molecule has 1 saturated heterocycles. The van der Waals surface area contributed by atoms with E-state index in [2.05, 4.69) is 55.7 Å². The zero-order valence-corrected chi connectivity index (χ0v) is 14.1. The molecule has 0 spiro atoms. The van der Waals surface area contributed by atoms with E-state index in [-0.39, 0.29) is 29.9 Å². The lowest BCUT2D eigenvalue weighted by atomic mass is 9.92. The van der Waals surface area contributed by atoms with Crippen LogP contribution in [0.5, 0.6) is 0 Å². The minimum absolute atomic E-state index is 0. The van der Waals surface area contributed by atoms with Crippen LogP contribution in [-0.4, -0.2) is 18.0 Å². The fourth-order valence-electron chi connectivity index (χ4n) is 2.92. The fourth-order valence-corrected chi connectivity index (χ4v) is 2.92.